The maximum Gasteiger partial charge on any atom is 0.261 e. The van der Waals surface area contributed by atoms with Crippen molar-refractivity contribution in [1.82, 2.24) is 10.2 Å². The molecule has 3 N–H and O–H groups in total. The van der Waals surface area contributed by atoms with Crippen molar-refractivity contribution in [3.05, 3.63) is 24.3 Å². The molecule has 0 aliphatic heterocycles. The van der Waals surface area contributed by atoms with E-state index < -0.39 is 30.3 Å². The van der Waals surface area contributed by atoms with Crippen LogP contribution in [0.5, 0.6) is 5.75 Å². The standard InChI is InChI=1S/C24H38N2O6SSi/c1-7-8-17-31-19-13-15-21(16-14-19)33(29,30)26-22(23(27)25-28)18-9-11-20(12-10-18)32-34(5,6)24(2,3)4/h13-16,18,20,22,26,28H,9-12,17H2,1-6H3,(H,25,27)/t18?,20?,22-/m1/s1. The monoisotopic (exact) mass is 510 g/mol. The van der Waals surface area contributed by atoms with Crippen molar-refractivity contribution in [3.8, 4) is 17.6 Å². The molecule has 1 aromatic carbocycles. The Morgan fingerprint density at radius 2 is 1.76 bits per heavy atom. The second-order valence-corrected chi connectivity index (χ2v) is 16.6. The Morgan fingerprint density at radius 3 is 2.26 bits per heavy atom. The number of sulfonamides is 1. The van der Waals surface area contributed by atoms with Gasteiger partial charge in [0.1, 0.15) is 18.4 Å². The number of carbonyl (C=O) groups is 1. The highest BCUT2D eigenvalue weighted by molar-refractivity contribution is 7.89. The fourth-order valence-corrected chi connectivity index (χ4v) is 6.40. The van der Waals surface area contributed by atoms with Crippen molar-refractivity contribution >= 4 is 24.2 Å². The topological polar surface area (TPSA) is 114 Å². The van der Waals surface area contributed by atoms with Crippen LogP contribution in [0.15, 0.2) is 29.2 Å². The molecule has 190 valence electrons. The number of carbonyl (C=O) groups excluding carboxylic acids is 1. The zero-order valence-corrected chi connectivity index (χ0v) is 22.8. The Morgan fingerprint density at radius 1 is 1.18 bits per heavy atom. The number of benzene rings is 1. The first-order valence-electron chi connectivity index (χ1n) is 11.6. The van der Waals surface area contributed by atoms with Crippen LogP contribution < -0.4 is 14.9 Å². The second-order valence-electron chi connectivity index (χ2n) is 10.2. The molecule has 2 rings (SSSR count). The number of ether oxygens (including phenoxy) is 1. The third kappa shape index (κ3) is 7.55. The molecule has 0 heterocycles. The van der Waals surface area contributed by atoms with Gasteiger partial charge in [-0.25, -0.2) is 13.9 Å². The van der Waals surface area contributed by atoms with Gasteiger partial charge in [0, 0.05) is 6.10 Å². The molecule has 10 heteroatoms. The van der Waals surface area contributed by atoms with Crippen LogP contribution in [0.1, 0.15) is 53.4 Å². The molecule has 8 nitrogen and oxygen atoms in total. The van der Waals surface area contributed by atoms with Gasteiger partial charge in [-0.3, -0.25) is 10.0 Å². The molecule has 1 aliphatic rings. The summed E-state index contributed by atoms with van der Waals surface area (Å²) in [7, 11) is -5.91. The third-order valence-electron chi connectivity index (χ3n) is 6.75. The van der Waals surface area contributed by atoms with Gasteiger partial charge in [0.2, 0.25) is 10.0 Å². The average molecular weight is 511 g/mol. The molecule has 34 heavy (non-hydrogen) atoms. The van der Waals surface area contributed by atoms with Crippen LogP contribution in [-0.4, -0.2) is 46.6 Å². The normalized spacial score (nSPS) is 20.1. The van der Waals surface area contributed by atoms with Crippen LogP contribution in [-0.2, 0) is 19.2 Å². The summed E-state index contributed by atoms with van der Waals surface area (Å²) in [5, 5.41) is 9.36. The van der Waals surface area contributed by atoms with Crippen molar-refractivity contribution in [2.75, 3.05) is 6.61 Å². The van der Waals surface area contributed by atoms with Gasteiger partial charge in [-0.2, -0.15) is 4.72 Å². The molecule has 1 atom stereocenters. The average Bonchev–Trinajstić information content (AvgIpc) is 2.77. The van der Waals surface area contributed by atoms with Gasteiger partial charge in [-0.15, -0.1) is 5.92 Å². The van der Waals surface area contributed by atoms with Crippen LogP contribution in [0.4, 0.5) is 0 Å². The van der Waals surface area contributed by atoms with Gasteiger partial charge in [-0.05, 0) is 80.9 Å². The van der Waals surface area contributed by atoms with E-state index in [2.05, 4.69) is 50.4 Å². The zero-order chi connectivity index (χ0) is 25.6. The fraction of sp³-hybridized carbons (Fsp3) is 0.625. The Balaban J connectivity index is 2.07. The molecular formula is C24H38N2O6SSi. The Labute approximate surface area is 204 Å². The Bertz CT molecular complexity index is 985. The lowest BCUT2D eigenvalue weighted by Crippen LogP contribution is -2.52. The van der Waals surface area contributed by atoms with E-state index in [1.165, 1.54) is 24.3 Å². The lowest BCUT2D eigenvalue weighted by Gasteiger charge is -2.42. The minimum atomic E-state index is -4.00. The van der Waals surface area contributed by atoms with E-state index in [4.69, 9.17) is 9.16 Å². The molecule has 1 fully saturated rings. The Kier molecular flexibility index (Phi) is 9.74. The van der Waals surface area contributed by atoms with E-state index in [9.17, 15) is 18.4 Å². The summed E-state index contributed by atoms with van der Waals surface area (Å²) >= 11 is 0. The van der Waals surface area contributed by atoms with Crippen molar-refractivity contribution in [1.29, 1.82) is 0 Å². The van der Waals surface area contributed by atoms with Crippen LogP contribution in [0, 0.1) is 17.8 Å². The van der Waals surface area contributed by atoms with Crippen LogP contribution >= 0.6 is 0 Å². The molecule has 1 amide bonds. The number of rotatable bonds is 9. The summed E-state index contributed by atoms with van der Waals surface area (Å²) < 4.78 is 40.4. The smallest absolute Gasteiger partial charge is 0.261 e. The van der Waals surface area contributed by atoms with E-state index in [0.29, 0.717) is 18.6 Å². The molecule has 0 radical (unpaired) electrons. The summed E-state index contributed by atoms with van der Waals surface area (Å²) in [6.45, 7) is 12.9. The molecule has 0 bridgehead atoms. The quantitative estimate of drug-likeness (QED) is 0.201. The van der Waals surface area contributed by atoms with E-state index >= 15 is 0 Å². The molecule has 0 unspecified atom stereocenters. The van der Waals surface area contributed by atoms with Crippen LogP contribution in [0.25, 0.3) is 0 Å². The van der Waals surface area contributed by atoms with E-state index in [0.717, 1.165) is 12.8 Å². The largest absolute Gasteiger partial charge is 0.481 e. The van der Waals surface area contributed by atoms with Gasteiger partial charge in [0.05, 0.1) is 4.90 Å². The molecule has 0 spiro atoms. The van der Waals surface area contributed by atoms with Gasteiger partial charge >= 0.3 is 0 Å². The number of amides is 1. The maximum atomic E-state index is 13.0. The molecular weight excluding hydrogens is 472 g/mol. The lowest BCUT2D eigenvalue weighted by molar-refractivity contribution is -0.132. The molecule has 1 aliphatic carbocycles. The van der Waals surface area contributed by atoms with E-state index in [1.807, 2.05) is 0 Å². The lowest BCUT2D eigenvalue weighted by atomic mass is 9.82. The van der Waals surface area contributed by atoms with E-state index in [-0.39, 0.29) is 28.6 Å². The van der Waals surface area contributed by atoms with E-state index in [1.54, 1.807) is 12.4 Å². The van der Waals surface area contributed by atoms with Gasteiger partial charge in [0.15, 0.2) is 8.32 Å². The highest BCUT2D eigenvalue weighted by Gasteiger charge is 2.41. The Hall–Kier alpha value is -1.90. The van der Waals surface area contributed by atoms with Crippen molar-refractivity contribution in [3.63, 3.8) is 0 Å². The van der Waals surface area contributed by atoms with Crippen molar-refractivity contribution < 1.29 is 27.6 Å². The summed E-state index contributed by atoms with van der Waals surface area (Å²) in [5.74, 6) is 4.96. The zero-order valence-electron chi connectivity index (χ0n) is 21.0. The van der Waals surface area contributed by atoms with Crippen LogP contribution in [0.3, 0.4) is 0 Å². The van der Waals surface area contributed by atoms with Gasteiger partial charge in [-0.1, -0.05) is 26.7 Å². The van der Waals surface area contributed by atoms with Crippen LogP contribution in [0.2, 0.25) is 18.1 Å². The molecule has 0 saturated heterocycles. The summed E-state index contributed by atoms with van der Waals surface area (Å²) in [6, 6.07) is 4.82. The van der Waals surface area contributed by atoms with Crippen molar-refractivity contribution in [2.45, 2.75) is 88.6 Å². The highest BCUT2D eigenvalue weighted by atomic mass is 32.2. The number of hydroxylamine groups is 1. The maximum absolute atomic E-state index is 13.0. The predicted octanol–water partition coefficient (Wildman–Crippen LogP) is 3.82. The number of hydrogen-bond donors (Lipinski definition) is 3. The second kappa shape index (κ2) is 11.7. The SMILES string of the molecule is CC#CCOc1ccc(S(=O)(=O)N[C@@H](C(=O)NO)C2CCC(O[Si](C)(C)C(C)(C)C)CC2)cc1. The summed E-state index contributed by atoms with van der Waals surface area (Å²) in [5.41, 5.74) is 1.62. The fourth-order valence-electron chi connectivity index (χ4n) is 3.71. The van der Waals surface area contributed by atoms with Gasteiger partial charge < -0.3 is 9.16 Å². The third-order valence-corrected chi connectivity index (χ3v) is 12.7. The molecule has 1 saturated carbocycles. The minimum Gasteiger partial charge on any atom is -0.481 e. The number of hydrogen-bond acceptors (Lipinski definition) is 6. The molecule has 1 aromatic rings. The predicted molar refractivity (Wildman–Crippen MR) is 133 cm³/mol. The van der Waals surface area contributed by atoms with Gasteiger partial charge in [0.25, 0.3) is 5.91 Å². The highest BCUT2D eigenvalue weighted by Crippen LogP contribution is 2.40. The minimum absolute atomic E-state index is 0.00658. The molecule has 0 aromatic heterocycles. The first-order chi connectivity index (χ1) is 15.8. The van der Waals surface area contributed by atoms with Crippen molar-refractivity contribution in [2.24, 2.45) is 5.92 Å². The first-order valence-corrected chi connectivity index (χ1v) is 16.0. The number of nitrogens with one attached hydrogen (secondary N) is 2. The summed E-state index contributed by atoms with van der Waals surface area (Å²) in [4.78, 5) is 12.4. The summed E-state index contributed by atoms with van der Waals surface area (Å²) in [6.07, 6.45) is 2.80. The first kappa shape index (κ1) is 28.3.